The van der Waals surface area contributed by atoms with Crippen molar-refractivity contribution < 1.29 is 5.11 Å². The second-order valence-electron chi connectivity index (χ2n) is 5.48. The number of halogens is 1. The lowest BCUT2D eigenvalue weighted by Gasteiger charge is -2.16. The number of aliphatic hydroxyl groups excluding tert-OH is 1. The summed E-state index contributed by atoms with van der Waals surface area (Å²) in [6, 6.07) is 0. The Hall–Kier alpha value is -1.02. The molecule has 0 radical (unpaired) electrons. The number of likely N-dealkylation sites (N-methyl/N-ethyl adjacent to an activating group) is 1. The highest BCUT2D eigenvalue weighted by molar-refractivity contribution is 7.05. The van der Waals surface area contributed by atoms with Crippen LogP contribution in [0.2, 0.25) is 5.02 Å². The second-order valence-corrected chi connectivity index (χ2v) is 6.68. The van der Waals surface area contributed by atoms with Gasteiger partial charge >= 0.3 is 0 Å². The van der Waals surface area contributed by atoms with E-state index in [-0.39, 0.29) is 5.92 Å². The average Bonchev–Trinajstić information content (AvgIpc) is 3.02. The summed E-state index contributed by atoms with van der Waals surface area (Å²) in [5.74, 6) is 0.199. The lowest BCUT2D eigenvalue weighted by atomic mass is 10.1. The molecule has 2 aromatic rings. The van der Waals surface area contributed by atoms with Gasteiger partial charge < -0.3 is 10.0 Å². The van der Waals surface area contributed by atoms with Crippen LogP contribution in [-0.2, 0) is 6.54 Å². The first-order valence-corrected chi connectivity index (χ1v) is 7.93. The quantitative estimate of drug-likeness (QED) is 0.879. The predicted molar refractivity (Wildman–Crippen MR) is 83.9 cm³/mol. The zero-order valence-electron chi connectivity index (χ0n) is 12.6. The van der Waals surface area contributed by atoms with E-state index < -0.39 is 6.10 Å². The molecule has 0 fully saturated rings. The van der Waals surface area contributed by atoms with Crippen LogP contribution in [0.25, 0.3) is 0 Å². The van der Waals surface area contributed by atoms with Crippen LogP contribution >= 0.6 is 23.1 Å². The maximum atomic E-state index is 10.7. The van der Waals surface area contributed by atoms with E-state index in [0.717, 1.165) is 17.1 Å². The first-order valence-electron chi connectivity index (χ1n) is 6.78. The Labute approximate surface area is 133 Å². The lowest BCUT2D eigenvalue weighted by Crippen LogP contribution is -2.21. The summed E-state index contributed by atoms with van der Waals surface area (Å²) in [7, 11) is 3.98. The van der Waals surface area contributed by atoms with E-state index in [1.807, 2.05) is 27.9 Å². The Kier molecular flexibility index (Phi) is 5.32. The van der Waals surface area contributed by atoms with Crippen molar-refractivity contribution in [3.8, 4) is 0 Å². The van der Waals surface area contributed by atoms with Gasteiger partial charge in [0.2, 0.25) is 0 Å². The Balaban J connectivity index is 2.32. The molecule has 21 heavy (non-hydrogen) atoms. The monoisotopic (exact) mass is 329 g/mol. The van der Waals surface area contributed by atoms with Crippen molar-refractivity contribution in [1.29, 1.82) is 0 Å². The maximum absolute atomic E-state index is 10.7. The summed E-state index contributed by atoms with van der Waals surface area (Å²) >= 11 is 7.42. The van der Waals surface area contributed by atoms with Gasteiger partial charge in [0.05, 0.1) is 34.0 Å². The summed E-state index contributed by atoms with van der Waals surface area (Å²) in [5.41, 5.74) is 1.41. The standard InChI is InChI=1S/C13H20ClN5OS/c1-8(2)10-13(21-17-16-10)12(20)11-9(14)7-15-19(11)6-5-18(3)4/h7-8,12,20H,5-6H2,1-4H3. The summed E-state index contributed by atoms with van der Waals surface area (Å²) in [6.07, 6.45) is 0.721. The molecule has 2 aromatic heterocycles. The van der Waals surface area contributed by atoms with Crippen LogP contribution < -0.4 is 0 Å². The Bertz CT molecular complexity index is 595. The predicted octanol–water partition coefficient (Wildman–Crippen LogP) is 2.15. The first kappa shape index (κ1) is 16.4. The molecular weight excluding hydrogens is 310 g/mol. The third kappa shape index (κ3) is 3.60. The third-order valence-corrected chi connectivity index (χ3v) is 4.27. The van der Waals surface area contributed by atoms with Crippen LogP contribution in [0.15, 0.2) is 6.20 Å². The van der Waals surface area contributed by atoms with Crippen LogP contribution in [0, 0.1) is 0 Å². The number of hydrogen-bond acceptors (Lipinski definition) is 6. The van der Waals surface area contributed by atoms with E-state index in [1.165, 1.54) is 11.5 Å². The smallest absolute Gasteiger partial charge is 0.135 e. The Morgan fingerprint density at radius 2 is 2.14 bits per heavy atom. The van der Waals surface area contributed by atoms with Crippen molar-refractivity contribution in [2.24, 2.45) is 0 Å². The minimum atomic E-state index is -0.848. The number of rotatable bonds is 6. The van der Waals surface area contributed by atoms with Crippen LogP contribution in [0.4, 0.5) is 0 Å². The molecular formula is C13H20ClN5OS. The molecule has 0 amide bonds. The molecule has 2 heterocycles. The molecule has 0 saturated heterocycles. The molecule has 0 aliphatic carbocycles. The van der Waals surface area contributed by atoms with Crippen molar-refractivity contribution >= 4 is 23.1 Å². The summed E-state index contributed by atoms with van der Waals surface area (Å²) in [5, 5.41) is 19.5. The molecule has 8 heteroatoms. The fourth-order valence-electron chi connectivity index (χ4n) is 2.04. The molecule has 6 nitrogen and oxygen atoms in total. The molecule has 0 aromatic carbocycles. The van der Waals surface area contributed by atoms with Gasteiger partial charge in [0, 0.05) is 6.54 Å². The van der Waals surface area contributed by atoms with E-state index in [0.29, 0.717) is 17.3 Å². The minimum absolute atomic E-state index is 0.199. The molecule has 1 N–H and O–H groups in total. The van der Waals surface area contributed by atoms with Gasteiger partial charge in [-0.3, -0.25) is 4.68 Å². The topological polar surface area (TPSA) is 67.1 Å². The highest BCUT2D eigenvalue weighted by Crippen LogP contribution is 2.33. The maximum Gasteiger partial charge on any atom is 0.135 e. The van der Waals surface area contributed by atoms with Gasteiger partial charge in [0.1, 0.15) is 6.10 Å². The zero-order valence-corrected chi connectivity index (χ0v) is 14.2. The van der Waals surface area contributed by atoms with E-state index in [4.69, 9.17) is 11.6 Å². The van der Waals surface area contributed by atoms with E-state index >= 15 is 0 Å². The van der Waals surface area contributed by atoms with E-state index in [9.17, 15) is 5.11 Å². The second kappa shape index (κ2) is 6.83. The highest BCUT2D eigenvalue weighted by atomic mass is 35.5. The van der Waals surface area contributed by atoms with Gasteiger partial charge in [0.25, 0.3) is 0 Å². The molecule has 1 atom stereocenters. The van der Waals surface area contributed by atoms with Crippen LogP contribution in [0.3, 0.4) is 0 Å². The SMILES string of the molecule is CC(C)c1nnsc1C(O)c1c(Cl)cnn1CCN(C)C. The van der Waals surface area contributed by atoms with Gasteiger partial charge in [-0.25, -0.2) is 0 Å². The summed E-state index contributed by atoms with van der Waals surface area (Å²) in [4.78, 5) is 2.79. The van der Waals surface area contributed by atoms with Crippen LogP contribution in [0.5, 0.6) is 0 Å². The normalized spacial score (nSPS) is 13.3. The van der Waals surface area contributed by atoms with Crippen molar-refractivity contribution in [2.45, 2.75) is 32.4 Å². The van der Waals surface area contributed by atoms with Crippen LogP contribution in [-0.4, -0.2) is 50.0 Å². The molecule has 0 aliphatic rings. The van der Waals surface area contributed by atoms with Gasteiger partial charge in [0.15, 0.2) is 0 Å². The van der Waals surface area contributed by atoms with Crippen molar-refractivity contribution in [3.05, 3.63) is 27.5 Å². The summed E-state index contributed by atoms with van der Waals surface area (Å²) < 4.78 is 5.71. The average molecular weight is 330 g/mol. The number of hydrogen-bond donors (Lipinski definition) is 1. The number of nitrogens with zero attached hydrogens (tertiary/aromatic N) is 5. The first-order chi connectivity index (χ1) is 9.91. The van der Waals surface area contributed by atoms with E-state index in [1.54, 1.807) is 10.9 Å². The number of aliphatic hydroxyl groups is 1. The number of aromatic nitrogens is 4. The van der Waals surface area contributed by atoms with Gasteiger partial charge in [-0.1, -0.05) is 29.9 Å². The molecule has 1 unspecified atom stereocenters. The Morgan fingerprint density at radius 3 is 2.76 bits per heavy atom. The molecule has 0 spiro atoms. The molecule has 0 bridgehead atoms. The highest BCUT2D eigenvalue weighted by Gasteiger charge is 2.26. The van der Waals surface area contributed by atoms with Crippen molar-refractivity contribution in [1.82, 2.24) is 24.3 Å². The largest absolute Gasteiger partial charge is 0.381 e. The van der Waals surface area contributed by atoms with Gasteiger partial charge in [-0.05, 0) is 31.5 Å². The molecule has 0 aliphatic heterocycles. The summed E-state index contributed by atoms with van der Waals surface area (Å²) in [6.45, 7) is 5.53. The van der Waals surface area contributed by atoms with Crippen molar-refractivity contribution in [3.63, 3.8) is 0 Å². The van der Waals surface area contributed by atoms with Gasteiger partial charge in [-0.15, -0.1) is 5.10 Å². The molecule has 116 valence electrons. The van der Waals surface area contributed by atoms with Crippen molar-refractivity contribution in [2.75, 3.05) is 20.6 Å². The fraction of sp³-hybridized carbons (Fsp3) is 0.615. The zero-order chi connectivity index (χ0) is 15.6. The third-order valence-electron chi connectivity index (χ3n) is 3.19. The van der Waals surface area contributed by atoms with Crippen LogP contribution in [0.1, 0.15) is 42.1 Å². The van der Waals surface area contributed by atoms with Gasteiger partial charge in [-0.2, -0.15) is 5.10 Å². The fourth-order valence-corrected chi connectivity index (χ4v) is 3.08. The van der Waals surface area contributed by atoms with E-state index in [2.05, 4.69) is 19.6 Å². The Morgan fingerprint density at radius 1 is 1.43 bits per heavy atom. The lowest BCUT2D eigenvalue weighted by molar-refractivity contribution is 0.207. The minimum Gasteiger partial charge on any atom is -0.381 e. The molecule has 2 rings (SSSR count). The molecule has 0 saturated carbocycles.